The van der Waals surface area contributed by atoms with Crippen LogP contribution in [0.3, 0.4) is 0 Å². The summed E-state index contributed by atoms with van der Waals surface area (Å²) < 4.78 is 0. The molecular formula is C14H13ClN2O4. The van der Waals surface area contributed by atoms with Crippen LogP contribution in [0.15, 0.2) is 42.5 Å². The number of benzene rings is 2. The van der Waals surface area contributed by atoms with Crippen LogP contribution in [-0.2, 0) is 0 Å². The van der Waals surface area contributed by atoms with Crippen molar-refractivity contribution in [1.82, 2.24) is 0 Å². The minimum atomic E-state index is -0.769. The van der Waals surface area contributed by atoms with Gasteiger partial charge in [-0.15, -0.1) is 0 Å². The molecule has 0 unspecified atom stereocenters. The van der Waals surface area contributed by atoms with E-state index in [1.54, 1.807) is 0 Å². The molecule has 0 aromatic heterocycles. The first-order chi connectivity index (χ1) is 9.81. The molecule has 0 fully saturated rings. The molecule has 2 rings (SSSR count). The standard InChI is InChI=1S/C8H10.C6H3ClN2O4/c1-7-4-3-5-8(2)6-7;7-5-2-1-4(8(10)11)3-6(5)9(12)13/h3-6H,1-2H3;1-3H. The minimum absolute atomic E-state index is 0.115. The zero-order valence-electron chi connectivity index (χ0n) is 11.4. The lowest BCUT2D eigenvalue weighted by molar-refractivity contribution is -0.394. The second kappa shape index (κ2) is 7.35. The normalized spacial score (nSPS) is 9.48. The van der Waals surface area contributed by atoms with Crippen LogP contribution in [0.25, 0.3) is 0 Å². The van der Waals surface area contributed by atoms with Crippen molar-refractivity contribution in [3.8, 4) is 0 Å². The summed E-state index contributed by atoms with van der Waals surface area (Å²) in [6.45, 7) is 4.21. The molecule has 0 N–H and O–H groups in total. The van der Waals surface area contributed by atoms with Crippen LogP contribution in [0, 0.1) is 34.1 Å². The van der Waals surface area contributed by atoms with Gasteiger partial charge in [0.25, 0.3) is 11.4 Å². The van der Waals surface area contributed by atoms with Crippen molar-refractivity contribution in [3.63, 3.8) is 0 Å². The Kier molecular flexibility index (Phi) is 5.80. The maximum Gasteiger partial charge on any atom is 0.294 e. The predicted molar refractivity (Wildman–Crippen MR) is 80.7 cm³/mol. The number of rotatable bonds is 2. The van der Waals surface area contributed by atoms with Crippen molar-refractivity contribution in [3.05, 3.63) is 78.8 Å². The van der Waals surface area contributed by atoms with Crippen LogP contribution in [-0.4, -0.2) is 9.85 Å². The summed E-state index contributed by atoms with van der Waals surface area (Å²) in [5.74, 6) is 0. The van der Waals surface area contributed by atoms with E-state index in [1.165, 1.54) is 11.1 Å². The van der Waals surface area contributed by atoms with Gasteiger partial charge in [-0.2, -0.15) is 0 Å². The quantitative estimate of drug-likeness (QED) is 0.605. The van der Waals surface area contributed by atoms with E-state index in [2.05, 4.69) is 38.1 Å². The first-order valence-corrected chi connectivity index (χ1v) is 6.30. The van der Waals surface area contributed by atoms with E-state index in [-0.39, 0.29) is 10.7 Å². The molecule has 0 aliphatic rings. The third-order valence-electron chi connectivity index (χ3n) is 2.51. The van der Waals surface area contributed by atoms with Crippen LogP contribution in [0.5, 0.6) is 0 Å². The van der Waals surface area contributed by atoms with E-state index >= 15 is 0 Å². The molecule has 0 atom stereocenters. The predicted octanol–water partition coefficient (Wildman–Crippen LogP) is 4.46. The lowest BCUT2D eigenvalue weighted by Gasteiger charge is -1.94. The average molecular weight is 309 g/mol. The van der Waals surface area contributed by atoms with Crippen molar-refractivity contribution in [1.29, 1.82) is 0 Å². The van der Waals surface area contributed by atoms with Crippen LogP contribution < -0.4 is 0 Å². The van der Waals surface area contributed by atoms with Crippen LogP contribution >= 0.6 is 11.6 Å². The molecular weight excluding hydrogens is 296 g/mol. The van der Waals surface area contributed by atoms with Gasteiger partial charge < -0.3 is 0 Å². The van der Waals surface area contributed by atoms with Crippen molar-refractivity contribution in [2.45, 2.75) is 13.8 Å². The molecule has 0 aliphatic carbocycles. The fourth-order valence-corrected chi connectivity index (χ4v) is 1.75. The molecule has 0 spiro atoms. The van der Waals surface area contributed by atoms with Gasteiger partial charge in [-0.05, 0) is 19.9 Å². The van der Waals surface area contributed by atoms with Gasteiger partial charge in [-0.25, -0.2) is 0 Å². The number of aryl methyl sites for hydroxylation is 2. The number of halogens is 1. The van der Waals surface area contributed by atoms with E-state index in [4.69, 9.17) is 11.6 Å². The molecule has 0 saturated heterocycles. The number of hydrogen-bond acceptors (Lipinski definition) is 4. The zero-order valence-corrected chi connectivity index (χ0v) is 12.2. The Balaban J connectivity index is 0.000000235. The van der Waals surface area contributed by atoms with Crippen molar-refractivity contribution >= 4 is 23.0 Å². The Bertz CT molecular complexity index is 657. The van der Waals surface area contributed by atoms with E-state index in [0.717, 1.165) is 18.2 Å². The summed E-state index contributed by atoms with van der Waals surface area (Å²) in [6, 6.07) is 11.5. The highest BCUT2D eigenvalue weighted by Crippen LogP contribution is 2.28. The number of hydrogen-bond donors (Lipinski definition) is 0. The molecule has 6 nitrogen and oxygen atoms in total. The first-order valence-electron chi connectivity index (χ1n) is 5.93. The summed E-state index contributed by atoms with van der Waals surface area (Å²) in [4.78, 5) is 19.0. The lowest BCUT2D eigenvalue weighted by atomic mass is 10.2. The van der Waals surface area contributed by atoms with E-state index in [1.807, 2.05) is 0 Å². The second-order valence-corrected chi connectivity index (χ2v) is 4.72. The maximum atomic E-state index is 10.3. The number of nitrogens with zero attached hydrogens (tertiary/aromatic N) is 2. The molecule has 0 heterocycles. The maximum absolute atomic E-state index is 10.3. The zero-order chi connectivity index (χ0) is 16.0. The van der Waals surface area contributed by atoms with Gasteiger partial charge in [-0.1, -0.05) is 47.0 Å². The van der Waals surface area contributed by atoms with Gasteiger partial charge in [0, 0.05) is 6.07 Å². The van der Waals surface area contributed by atoms with Gasteiger partial charge in [0.15, 0.2) is 0 Å². The molecule has 110 valence electrons. The third kappa shape index (κ3) is 5.19. The highest BCUT2D eigenvalue weighted by molar-refractivity contribution is 6.32. The van der Waals surface area contributed by atoms with Crippen molar-refractivity contribution in [2.75, 3.05) is 0 Å². The Morgan fingerprint density at radius 3 is 1.86 bits per heavy atom. The SMILES string of the molecule is Cc1cccc(C)c1.O=[N+]([O-])c1ccc(Cl)c([N+](=O)[O-])c1. The van der Waals surface area contributed by atoms with Gasteiger partial charge in [-0.3, -0.25) is 20.2 Å². The molecule has 2 aromatic carbocycles. The van der Waals surface area contributed by atoms with Gasteiger partial charge >= 0.3 is 0 Å². The molecule has 0 amide bonds. The molecule has 0 aliphatic heterocycles. The summed E-state index contributed by atoms with van der Waals surface area (Å²) in [7, 11) is 0. The molecule has 7 heteroatoms. The van der Waals surface area contributed by atoms with Gasteiger partial charge in [0.1, 0.15) is 5.02 Å². The topological polar surface area (TPSA) is 86.3 Å². The lowest BCUT2D eigenvalue weighted by Crippen LogP contribution is -1.92. The summed E-state index contributed by atoms with van der Waals surface area (Å²) >= 11 is 5.43. The largest absolute Gasteiger partial charge is 0.294 e. The van der Waals surface area contributed by atoms with Gasteiger partial charge in [0.05, 0.1) is 15.9 Å². The Hall–Kier alpha value is -2.47. The molecule has 21 heavy (non-hydrogen) atoms. The summed E-state index contributed by atoms with van der Waals surface area (Å²) in [5.41, 5.74) is 1.86. The van der Waals surface area contributed by atoms with Gasteiger partial charge in [0.2, 0.25) is 0 Å². The van der Waals surface area contributed by atoms with E-state index < -0.39 is 15.5 Å². The Morgan fingerprint density at radius 2 is 1.48 bits per heavy atom. The van der Waals surface area contributed by atoms with Crippen molar-refractivity contribution in [2.24, 2.45) is 0 Å². The van der Waals surface area contributed by atoms with Crippen LogP contribution in [0.4, 0.5) is 11.4 Å². The number of nitro groups is 2. The van der Waals surface area contributed by atoms with E-state index in [9.17, 15) is 20.2 Å². The monoisotopic (exact) mass is 308 g/mol. The minimum Gasteiger partial charge on any atom is -0.258 e. The fraction of sp³-hybridized carbons (Fsp3) is 0.143. The van der Waals surface area contributed by atoms with E-state index in [0.29, 0.717) is 0 Å². The first kappa shape index (κ1) is 16.6. The van der Waals surface area contributed by atoms with Crippen LogP contribution in [0.1, 0.15) is 11.1 Å². The average Bonchev–Trinajstić information content (AvgIpc) is 2.39. The fourth-order valence-electron chi connectivity index (χ4n) is 1.56. The van der Waals surface area contributed by atoms with Crippen LogP contribution in [0.2, 0.25) is 5.02 Å². The molecule has 0 saturated carbocycles. The Labute approximate surface area is 126 Å². The molecule has 2 aromatic rings. The second-order valence-electron chi connectivity index (χ2n) is 4.31. The third-order valence-corrected chi connectivity index (χ3v) is 2.83. The highest BCUT2D eigenvalue weighted by atomic mass is 35.5. The Morgan fingerprint density at radius 1 is 0.905 bits per heavy atom. The highest BCUT2D eigenvalue weighted by Gasteiger charge is 2.17. The summed E-state index contributed by atoms with van der Waals surface area (Å²) in [6.07, 6.45) is 0. The molecule has 0 bridgehead atoms. The summed E-state index contributed by atoms with van der Waals surface area (Å²) in [5, 5.41) is 20.4. The van der Waals surface area contributed by atoms with Crippen molar-refractivity contribution < 1.29 is 9.85 Å². The number of nitro benzene ring substituents is 2. The number of non-ortho nitro benzene ring substituents is 1. The molecule has 0 radical (unpaired) electrons. The smallest absolute Gasteiger partial charge is 0.258 e.